The lowest BCUT2D eigenvalue weighted by Crippen LogP contribution is -2.41. The van der Waals surface area contributed by atoms with Gasteiger partial charge >= 0.3 is 11.9 Å². The Hall–Kier alpha value is -2.45. The Balaban J connectivity index is 2.28. The monoisotopic (exact) mass is 396 g/mol. The van der Waals surface area contributed by atoms with Gasteiger partial charge in [0.25, 0.3) is 6.47 Å². The van der Waals surface area contributed by atoms with Crippen molar-refractivity contribution in [3.05, 3.63) is 35.4 Å². The molecule has 0 aromatic heterocycles. The van der Waals surface area contributed by atoms with E-state index in [1.807, 2.05) is 19.1 Å². The molecule has 0 radical (unpaired) electrons. The maximum Gasteiger partial charge on any atom is 0.373 e. The maximum absolute atomic E-state index is 12.4. The molecule has 0 spiro atoms. The van der Waals surface area contributed by atoms with Gasteiger partial charge in [0.15, 0.2) is 0 Å². The lowest BCUT2D eigenvalue weighted by Gasteiger charge is -2.28. The number of unbranched alkanes of at least 4 members (excludes halogenated alkanes) is 1. The van der Waals surface area contributed by atoms with Crippen molar-refractivity contribution in [1.82, 2.24) is 0 Å². The topological polar surface area (TPSA) is 97.4 Å². The van der Waals surface area contributed by atoms with Crippen LogP contribution in [0.3, 0.4) is 0 Å². The molecule has 0 aliphatic heterocycles. The van der Waals surface area contributed by atoms with Gasteiger partial charge < -0.3 is 14.2 Å². The fourth-order valence-electron chi connectivity index (χ4n) is 2.50. The number of methoxy groups -OCH3 is 1. The Bertz CT molecular complexity index is 630. The highest BCUT2D eigenvalue weighted by atomic mass is 17.2. The molecule has 1 atom stereocenters. The second kappa shape index (κ2) is 12.9. The van der Waals surface area contributed by atoms with Crippen LogP contribution in [0.15, 0.2) is 24.3 Å². The highest BCUT2D eigenvalue weighted by Crippen LogP contribution is 2.25. The molecule has 28 heavy (non-hydrogen) atoms. The van der Waals surface area contributed by atoms with Gasteiger partial charge in [-0.3, -0.25) is 14.5 Å². The first-order valence-corrected chi connectivity index (χ1v) is 9.11. The van der Waals surface area contributed by atoms with E-state index in [1.165, 1.54) is 7.11 Å². The SMILES string of the molecule is CCC(COC)(COC=O)C(=O)OCCCCOOC(=O)c1ccccc1C. The van der Waals surface area contributed by atoms with Crippen LogP contribution in [0.2, 0.25) is 0 Å². The zero-order valence-electron chi connectivity index (χ0n) is 16.6. The summed E-state index contributed by atoms with van der Waals surface area (Å²) >= 11 is 0. The minimum Gasteiger partial charge on any atom is -0.467 e. The molecular formula is C20H28O8. The Morgan fingerprint density at radius 2 is 1.82 bits per heavy atom. The summed E-state index contributed by atoms with van der Waals surface area (Å²) in [5.41, 5.74) is 0.231. The van der Waals surface area contributed by atoms with Crippen molar-refractivity contribution in [2.75, 3.05) is 33.5 Å². The zero-order chi connectivity index (χ0) is 20.8. The molecule has 156 valence electrons. The van der Waals surface area contributed by atoms with Gasteiger partial charge in [-0.25, -0.2) is 4.79 Å². The molecule has 0 fully saturated rings. The second-order valence-corrected chi connectivity index (χ2v) is 6.32. The van der Waals surface area contributed by atoms with Gasteiger partial charge in [-0.05, 0) is 37.8 Å². The van der Waals surface area contributed by atoms with Gasteiger partial charge in [-0.2, -0.15) is 4.89 Å². The van der Waals surface area contributed by atoms with E-state index in [0.717, 1.165) is 5.56 Å². The Labute approximate surface area is 165 Å². The third-order valence-electron chi connectivity index (χ3n) is 4.31. The summed E-state index contributed by atoms with van der Waals surface area (Å²) in [6.07, 6.45) is 1.46. The van der Waals surface area contributed by atoms with E-state index in [0.29, 0.717) is 31.3 Å². The number of carbonyl (C=O) groups is 3. The van der Waals surface area contributed by atoms with Gasteiger partial charge in [-0.15, -0.1) is 0 Å². The van der Waals surface area contributed by atoms with E-state index in [1.54, 1.807) is 19.1 Å². The van der Waals surface area contributed by atoms with Crippen molar-refractivity contribution >= 4 is 18.4 Å². The number of rotatable bonds is 14. The molecule has 8 heteroatoms. The van der Waals surface area contributed by atoms with Crippen LogP contribution in [0.1, 0.15) is 42.1 Å². The van der Waals surface area contributed by atoms with Crippen LogP contribution in [0.5, 0.6) is 0 Å². The number of esters is 1. The number of aryl methyl sites for hydroxylation is 1. The average molecular weight is 396 g/mol. The fourth-order valence-corrected chi connectivity index (χ4v) is 2.50. The molecule has 0 N–H and O–H groups in total. The minimum atomic E-state index is -1.02. The molecule has 0 saturated heterocycles. The summed E-state index contributed by atoms with van der Waals surface area (Å²) in [6.45, 7) is 4.24. The third kappa shape index (κ3) is 7.28. The lowest BCUT2D eigenvalue weighted by molar-refractivity contribution is -0.241. The zero-order valence-corrected chi connectivity index (χ0v) is 16.6. The molecule has 1 unspecified atom stereocenters. The van der Waals surface area contributed by atoms with Gasteiger partial charge in [0.05, 0.1) is 25.4 Å². The summed E-state index contributed by atoms with van der Waals surface area (Å²) in [5, 5.41) is 0. The van der Waals surface area contributed by atoms with Gasteiger partial charge in [0, 0.05) is 7.11 Å². The van der Waals surface area contributed by atoms with Crippen molar-refractivity contribution in [2.45, 2.75) is 33.1 Å². The minimum absolute atomic E-state index is 0.0914. The largest absolute Gasteiger partial charge is 0.467 e. The summed E-state index contributed by atoms with van der Waals surface area (Å²) < 4.78 is 15.1. The van der Waals surface area contributed by atoms with Crippen LogP contribution >= 0.6 is 0 Å². The van der Waals surface area contributed by atoms with E-state index < -0.39 is 17.4 Å². The summed E-state index contributed by atoms with van der Waals surface area (Å²) in [4.78, 5) is 44.4. The average Bonchev–Trinajstić information content (AvgIpc) is 2.70. The van der Waals surface area contributed by atoms with E-state index in [4.69, 9.17) is 24.0 Å². The van der Waals surface area contributed by atoms with Crippen LogP contribution in [0, 0.1) is 12.3 Å². The standard InChI is InChI=1S/C20H28O8/c1-4-20(13-24-3,14-25-15-21)19(23)26-11-7-8-12-27-28-18(22)17-10-6-5-9-16(17)2/h5-6,9-10,15H,4,7-8,11-14H2,1-3H3. The molecule has 0 amide bonds. The predicted octanol–water partition coefficient (Wildman–Crippen LogP) is 2.62. The predicted molar refractivity (Wildman–Crippen MR) is 99.4 cm³/mol. The molecule has 8 nitrogen and oxygen atoms in total. The van der Waals surface area contributed by atoms with Crippen LogP contribution < -0.4 is 0 Å². The number of hydrogen-bond acceptors (Lipinski definition) is 8. The smallest absolute Gasteiger partial charge is 0.373 e. The van der Waals surface area contributed by atoms with Gasteiger partial charge in [0.1, 0.15) is 12.0 Å². The molecule has 1 rings (SSSR count). The van der Waals surface area contributed by atoms with Crippen LogP contribution in [-0.4, -0.2) is 51.9 Å². The molecule has 0 aliphatic rings. The van der Waals surface area contributed by atoms with Crippen molar-refractivity contribution in [2.24, 2.45) is 5.41 Å². The van der Waals surface area contributed by atoms with Crippen molar-refractivity contribution in [1.29, 1.82) is 0 Å². The van der Waals surface area contributed by atoms with Gasteiger partial charge in [-0.1, -0.05) is 25.1 Å². The first kappa shape index (κ1) is 23.6. The first-order valence-electron chi connectivity index (χ1n) is 9.11. The summed E-state index contributed by atoms with van der Waals surface area (Å²) in [5.74, 6) is -1.03. The Morgan fingerprint density at radius 3 is 2.46 bits per heavy atom. The molecule has 0 aliphatic carbocycles. The van der Waals surface area contributed by atoms with Crippen molar-refractivity contribution < 1.29 is 38.4 Å². The number of carbonyl (C=O) groups excluding carboxylic acids is 3. The quantitative estimate of drug-likeness (QED) is 0.156. The molecule has 0 heterocycles. The molecule has 0 bridgehead atoms. The van der Waals surface area contributed by atoms with Crippen molar-refractivity contribution in [3.8, 4) is 0 Å². The highest BCUT2D eigenvalue weighted by Gasteiger charge is 2.39. The Morgan fingerprint density at radius 1 is 1.11 bits per heavy atom. The molecular weight excluding hydrogens is 368 g/mol. The van der Waals surface area contributed by atoms with Crippen LogP contribution in [0.4, 0.5) is 0 Å². The molecule has 0 saturated carbocycles. The van der Waals surface area contributed by atoms with Crippen molar-refractivity contribution in [3.63, 3.8) is 0 Å². The molecule has 1 aromatic carbocycles. The first-order chi connectivity index (χ1) is 13.5. The fraction of sp³-hybridized carbons (Fsp3) is 0.550. The number of hydrogen-bond donors (Lipinski definition) is 0. The van der Waals surface area contributed by atoms with E-state index in [2.05, 4.69) is 0 Å². The second-order valence-electron chi connectivity index (χ2n) is 6.32. The highest BCUT2D eigenvalue weighted by molar-refractivity contribution is 5.90. The normalized spacial score (nSPS) is 12.7. The van der Waals surface area contributed by atoms with E-state index in [9.17, 15) is 14.4 Å². The lowest BCUT2D eigenvalue weighted by atomic mass is 9.87. The van der Waals surface area contributed by atoms with Gasteiger partial charge in [0.2, 0.25) is 0 Å². The Kier molecular flexibility index (Phi) is 10.8. The van der Waals surface area contributed by atoms with E-state index in [-0.39, 0.29) is 26.4 Å². The molecule has 1 aromatic rings. The van der Waals surface area contributed by atoms with Crippen LogP contribution in [0.25, 0.3) is 0 Å². The van der Waals surface area contributed by atoms with Crippen LogP contribution in [-0.2, 0) is 33.6 Å². The third-order valence-corrected chi connectivity index (χ3v) is 4.31. The summed E-state index contributed by atoms with van der Waals surface area (Å²) in [6, 6.07) is 7.05. The maximum atomic E-state index is 12.4. The number of ether oxygens (including phenoxy) is 3. The number of benzene rings is 1. The van der Waals surface area contributed by atoms with E-state index >= 15 is 0 Å². The summed E-state index contributed by atoms with van der Waals surface area (Å²) in [7, 11) is 1.47.